The average molecular weight is 460 g/mol. The normalized spacial score (nSPS) is 21.4. The molecule has 1 aliphatic carbocycles. The van der Waals surface area contributed by atoms with Gasteiger partial charge in [-0.1, -0.05) is 13.8 Å². The third-order valence-corrected chi connectivity index (χ3v) is 7.77. The highest BCUT2D eigenvalue weighted by Gasteiger charge is 2.29. The lowest BCUT2D eigenvalue weighted by molar-refractivity contribution is -0.0448. The van der Waals surface area contributed by atoms with Crippen molar-refractivity contribution in [1.82, 2.24) is 24.6 Å². The molecule has 0 spiro atoms. The minimum atomic E-state index is 0.323. The van der Waals surface area contributed by atoms with Gasteiger partial charge in [-0.05, 0) is 62.1 Å². The maximum Gasteiger partial charge on any atom is 0.197 e. The summed E-state index contributed by atoms with van der Waals surface area (Å²) in [6.45, 7) is 6.42. The standard InChI is InChI=1S/C27H33N5O2/c1-16(2)24-25(20-11-23(33-3)27-28-15-29-32(27)12-20)31-22-9-8-21(30-26(22)24)19-6-4-17(5-7-19)10-18-13-34-14-18/h8-9,11-12,15-19,31H,4-7,10,13-14H2,1-3H3. The van der Waals surface area contributed by atoms with Crippen LogP contribution in [0.1, 0.15) is 69.0 Å². The lowest BCUT2D eigenvalue weighted by Gasteiger charge is -2.34. The molecule has 1 aliphatic heterocycles. The van der Waals surface area contributed by atoms with Gasteiger partial charge >= 0.3 is 0 Å². The van der Waals surface area contributed by atoms with E-state index in [-0.39, 0.29) is 0 Å². The second-order valence-corrected chi connectivity index (χ2v) is 10.4. The molecular weight excluding hydrogens is 426 g/mol. The van der Waals surface area contributed by atoms with Gasteiger partial charge in [0.25, 0.3) is 0 Å². The second kappa shape index (κ2) is 8.69. The van der Waals surface area contributed by atoms with Crippen LogP contribution in [0.25, 0.3) is 27.9 Å². The molecule has 0 radical (unpaired) electrons. The fourth-order valence-electron chi connectivity index (χ4n) is 5.89. The van der Waals surface area contributed by atoms with Gasteiger partial charge in [0.05, 0.1) is 37.1 Å². The van der Waals surface area contributed by atoms with Crippen LogP contribution in [0.5, 0.6) is 5.75 Å². The number of H-pyrrole nitrogens is 1. The van der Waals surface area contributed by atoms with Gasteiger partial charge in [-0.15, -0.1) is 0 Å². The van der Waals surface area contributed by atoms with Gasteiger partial charge in [0, 0.05) is 34.9 Å². The molecule has 1 N–H and O–H groups in total. The van der Waals surface area contributed by atoms with E-state index in [1.54, 1.807) is 18.0 Å². The highest BCUT2D eigenvalue weighted by atomic mass is 16.5. The van der Waals surface area contributed by atoms with E-state index >= 15 is 0 Å². The summed E-state index contributed by atoms with van der Waals surface area (Å²) in [6.07, 6.45) is 10.0. The Kier molecular flexibility index (Phi) is 5.52. The number of rotatable bonds is 6. The van der Waals surface area contributed by atoms with E-state index in [0.717, 1.165) is 47.3 Å². The Morgan fingerprint density at radius 2 is 1.97 bits per heavy atom. The Morgan fingerprint density at radius 3 is 2.68 bits per heavy atom. The molecule has 0 unspecified atom stereocenters. The van der Waals surface area contributed by atoms with Crippen molar-refractivity contribution >= 4 is 16.7 Å². The summed E-state index contributed by atoms with van der Waals surface area (Å²) in [4.78, 5) is 13.2. The molecule has 4 aromatic rings. The van der Waals surface area contributed by atoms with Crippen LogP contribution in [0.4, 0.5) is 0 Å². The average Bonchev–Trinajstić information content (AvgIpc) is 3.45. The van der Waals surface area contributed by atoms with Gasteiger partial charge in [-0.3, -0.25) is 4.98 Å². The summed E-state index contributed by atoms with van der Waals surface area (Å²) in [5.41, 5.74) is 7.49. The number of fused-ring (bicyclic) bond motifs is 2. The number of nitrogens with one attached hydrogen (secondary N) is 1. The molecule has 178 valence electrons. The van der Waals surface area contributed by atoms with Crippen molar-refractivity contribution in [3.8, 4) is 17.0 Å². The van der Waals surface area contributed by atoms with Crippen molar-refractivity contribution in [2.45, 2.75) is 57.8 Å². The van der Waals surface area contributed by atoms with Crippen LogP contribution in [-0.2, 0) is 4.74 Å². The Morgan fingerprint density at radius 1 is 1.15 bits per heavy atom. The first-order valence-corrected chi connectivity index (χ1v) is 12.6. The molecule has 0 aromatic carbocycles. The van der Waals surface area contributed by atoms with Crippen molar-refractivity contribution in [1.29, 1.82) is 0 Å². The summed E-state index contributed by atoms with van der Waals surface area (Å²) >= 11 is 0. The largest absolute Gasteiger partial charge is 0.493 e. The number of hydrogen-bond donors (Lipinski definition) is 1. The topological polar surface area (TPSA) is 77.3 Å². The highest BCUT2D eigenvalue weighted by Crippen LogP contribution is 2.41. The number of ether oxygens (including phenoxy) is 2. The smallest absolute Gasteiger partial charge is 0.197 e. The number of aromatic amines is 1. The number of hydrogen-bond acceptors (Lipinski definition) is 5. The molecule has 6 rings (SSSR count). The number of pyridine rings is 2. The molecule has 5 heterocycles. The number of aromatic nitrogens is 5. The summed E-state index contributed by atoms with van der Waals surface area (Å²) < 4.78 is 12.8. The lowest BCUT2D eigenvalue weighted by Crippen LogP contribution is -2.30. The van der Waals surface area contributed by atoms with E-state index in [4.69, 9.17) is 14.5 Å². The minimum absolute atomic E-state index is 0.323. The van der Waals surface area contributed by atoms with Gasteiger partial charge in [-0.2, -0.15) is 5.10 Å². The quantitative estimate of drug-likeness (QED) is 0.399. The summed E-state index contributed by atoms with van der Waals surface area (Å²) in [5.74, 6) is 3.26. The number of nitrogens with zero attached hydrogens (tertiary/aromatic N) is 4. The maximum absolute atomic E-state index is 5.60. The zero-order valence-electron chi connectivity index (χ0n) is 20.3. The molecule has 0 atom stereocenters. The predicted octanol–water partition coefficient (Wildman–Crippen LogP) is 5.71. The van der Waals surface area contributed by atoms with Gasteiger partial charge in [0.15, 0.2) is 11.4 Å². The highest BCUT2D eigenvalue weighted by molar-refractivity contribution is 5.89. The SMILES string of the molecule is COc1cc(-c2[nH]c3ccc(C4CCC(CC5COC5)CC4)nc3c2C(C)C)cn2ncnc12. The molecule has 1 saturated heterocycles. The van der Waals surface area contributed by atoms with Crippen molar-refractivity contribution in [3.05, 3.63) is 42.0 Å². The molecule has 0 amide bonds. The lowest BCUT2D eigenvalue weighted by atomic mass is 9.76. The van der Waals surface area contributed by atoms with E-state index in [2.05, 4.69) is 41.0 Å². The molecule has 2 fully saturated rings. The summed E-state index contributed by atoms with van der Waals surface area (Å²) in [5, 5.41) is 4.34. The minimum Gasteiger partial charge on any atom is -0.493 e. The third-order valence-electron chi connectivity index (χ3n) is 7.77. The molecule has 7 nitrogen and oxygen atoms in total. The van der Waals surface area contributed by atoms with Gasteiger partial charge in [0.1, 0.15) is 6.33 Å². The van der Waals surface area contributed by atoms with E-state index in [1.807, 2.05) is 12.3 Å². The Hall–Kier alpha value is -2.93. The Bertz CT molecular complexity index is 1310. The van der Waals surface area contributed by atoms with Crippen LogP contribution in [0, 0.1) is 11.8 Å². The monoisotopic (exact) mass is 459 g/mol. The van der Waals surface area contributed by atoms with Crippen LogP contribution >= 0.6 is 0 Å². The predicted molar refractivity (Wildman–Crippen MR) is 132 cm³/mol. The molecule has 4 aromatic heterocycles. The summed E-state index contributed by atoms with van der Waals surface area (Å²) in [7, 11) is 1.67. The van der Waals surface area contributed by atoms with Crippen LogP contribution in [0.2, 0.25) is 0 Å². The van der Waals surface area contributed by atoms with E-state index in [9.17, 15) is 0 Å². The van der Waals surface area contributed by atoms with E-state index in [0.29, 0.717) is 23.2 Å². The van der Waals surface area contributed by atoms with Crippen molar-refractivity contribution in [2.75, 3.05) is 20.3 Å². The molecule has 7 heteroatoms. The van der Waals surface area contributed by atoms with E-state index in [1.165, 1.54) is 43.4 Å². The molecule has 2 aliphatic rings. The molecular formula is C27H33N5O2. The number of methoxy groups -OCH3 is 1. The first kappa shape index (κ1) is 21.6. The van der Waals surface area contributed by atoms with Gasteiger partial charge in [0.2, 0.25) is 0 Å². The Labute approximate surface area is 199 Å². The first-order valence-electron chi connectivity index (χ1n) is 12.6. The summed E-state index contributed by atoms with van der Waals surface area (Å²) in [6, 6.07) is 6.49. The second-order valence-electron chi connectivity index (χ2n) is 10.4. The van der Waals surface area contributed by atoms with E-state index < -0.39 is 0 Å². The van der Waals surface area contributed by atoms with Crippen LogP contribution < -0.4 is 4.74 Å². The first-order chi connectivity index (χ1) is 16.6. The third kappa shape index (κ3) is 3.76. The molecule has 1 saturated carbocycles. The zero-order chi connectivity index (χ0) is 23.2. The molecule has 34 heavy (non-hydrogen) atoms. The Balaban J connectivity index is 1.33. The van der Waals surface area contributed by atoms with Gasteiger partial charge in [-0.25, -0.2) is 9.50 Å². The van der Waals surface area contributed by atoms with Crippen molar-refractivity contribution in [3.63, 3.8) is 0 Å². The van der Waals surface area contributed by atoms with Crippen LogP contribution in [-0.4, -0.2) is 44.9 Å². The van der Waals surface area contributed by atoms with Crippen LogP contribution in [0.3, 0.4) is 0 Å². The maximum atomic E-state index is 5.60. The zero-order valence-corrected chi connectivity index (χ0v) is 20.3. The fourth-order valence-corrected chi connectivity index (χ4v) is 5.89. The van der Waals surface area contributed by atoms with Crippen molar-refractivity contribution < 1.29 is 9.47 Å². The van der Waals surface area contributed by atoms with Gasteiger partial charge < -0.3 is 14.5 Å². The molecule has 0 bridgehead atoms. The van der Waals surface area contributed by atoms with Crippen LogP contribution in [0.15, 0.2) is 30.7 Å². The van der Waals surface area contributed by atoms with Crippen molar-refractivity contribution in [2.24, 2.45) is 11.8 Å². The fraction of sp³-hybridized carbons (Fsp3) is 0.519.